The smallest absolute Gasteiger partial charge is 0.318 e. The van der Waals surface area contributed by atoms with Gasteiger partial charge in [-0.15, -0.1) is 0 Å². The summed E-state index contributed by atoms with van der Waals surface area (Å²) in [6.07, 6.45) is 0.412. The Morgan fingerprint density at radius 3 is 3.00 bits per heavy atom. The zero-order valence-corrected chi connectivity index (χ0v) is 8.87. The average molecular weight is 220 g/mol. The number of hydrogen-bond acceptors (Lipinski definition) is 3. The van der Waals surface area contributed by atoms with Crippen molar-refractivity contribution in [2.24, 2.45) is 0 Å². The second-order valence-electron chi connectivity index (χ2n) is 3.44. The van der Waals surface area contributed by atoms with Crippen molar-refractivity contribution in [1.29, 1.82) is 0 Å². The molecule has 0 radical (unpaired) electrons. The van der Waals surface area contributed by atoms with Crippen LogP contribution in [0.5, 0.6) is 5.75 Å². The van der Waals surface area contributed by atoms with Gasteiger partial charge in [-0.05, 0) is 12.1 Å². The molecule has 2 rings (SSSR count). The van der Waals surface area contributed by atoms with Gasteiger partial charge in [0.2, 0.25) is 0 Å². The molecule has 0 bridgehead atoms. The minimum Gasteiger partial charge on any atom is -0.492 e. The molecular weight excluding hydrogens is 208 g/mol. The maximum absolute atomic E-state index is 11.5. The molecular formula is C11H12N2O3. The molecule has 1 aliphatic rings. The predicted molar refractivity (Wildman–Crippen MR) is 59.0 cm³/mol. The van der Waals surface area contributed by atoms with Crippen LogP contribution in [0.25, 0.3) is 0 Å². The summed E-state index contributed by atoms with van der Waals surface area (Å²) in [5.74, 6) is 0.609. The van der Waals surface area contributed by atoms with E-state index >= 15 is 0 Å². The molecule has 16 heavy (non-hydrogen) atoms. The molecule has 1 aliphatic heterocycles. The van der Waals surface area contributed by atoms with Crippen molar-refractivity contribution in [2.45, 2.75) is 6.42 Å². The molecule has 0 fully saturated rings. The van der Waals surface area contributed by atoms with Crippen molar-refractivity contribution in [3.63, 3.8) is 0 Å². The van der Waals surface area contributed by atoms with Crippen LogP contribution in [0.2, 0.25) is 0 Å². The van der Waals surface area contributed by atoms with E-state index in [4.69, 9.17) is 4.74 Å². The van der Waals surface area contributed by atoms with Crippen LogP contribution in [0.3, 0.4) is 0 Å². The van der Waals surface area contributed by atoms with E-state index in [0.29, 0.717) is 30.0 Å². The zero-order valence-electron chi connectivity index (χ0n) is 8.87. The lowest BCUT2D eigenvalue weighted by atomic mass is 10.0. The van der Waals surface area contributed by atoms with Crippen LogP contribution in [-0.4, -0.2) is 25.5 Å². The van der Waals surface area contributed by atoms with Crippen LogP contribution in [-0.2, 0) is 0 Å². The molecule has 5 heteroatoms. The van der Waals surface area contributed by atoms with E-state index in [1.54, 1.807) is 18.2 Å². The first-order chi connectivity index (χ1) is 7.70. The minimum absolute atomic E-state index is 0.0766. The van der Waals surface area contributed by atoms with Gasteiger partial charge in [-0.1, -0.05) is 0 Å². The maximum Gasteiger partial charge on any atom is 0.318 e. The predicted octanol–water partition coefficient (Wildman–Crippen LogP) is 1.40. The van der Waals surface area contributed by atoms with E-state index in [1.165, 1.54) is 7.05 Å². The third kappa shape index (κ3) is 1.98. The molecule has 0 saturated heterocycles. The Morgan fingerprint density at radius 2 is 2.25 bits per heavy atom. The fraction of sp³-hybridized carbons (Fsp3) is 0.273. The van der Waals surface area contributed by atoms with Gasteiger partial charge in [0, 0.05) is 25.2 Å². The van der Waals surface area contributed by atoms with Crippen molar-refractivity contribution in [3.05, 3.63) is 23.8 Å². The Hall–Kier alpha value is -2.04. The number of ketones is 1. The number of carbonyl (C=O) groups is 2. The van der Waals surface area contributed by atoms with Gasteiger partial charge in [-0.3, -0.25) is 4.79 Å². The van der Waals surface area contributed by atoms with Crippen LogP contribution in [0.4, 0.5) is 10.5 Å². The topological polar surface area (TPSA) is 67.4 Å². The number of urea groups is 1. The molecule has 0 aliphatic carbocycles. The Morgan fingerprint density at radius 1 is 1.44 bits per heavy atom. The van der Waals surface area contributed by atoms with Gasteiger partial charge < -0.3 is 15.4 Å². The highest BCUT2D eigenvalue weighted by molar-refractivity contribution is 6.00. The van der Waals surface area contributed by atoms with Gasteiger partial charge >= 0.3 is 6.03 Å². The summed E-state index contributed by atoms with van der Waals surface area (Å²) in [5, 5.41) is 5.06. The third-order valence-electron chi connectivity index (χ3n) is 2.35. The molecule has 0 unspecified atom stereocenters. The number of hydrogen-bond donors (Lipinski definition) is 2. The molecule has 2 N–H and O–H groups in total. The molecule has 0 spiro atoms. The lowest BCUT2D eigenvalue weighted by Crippen LogP contribution is -2.24. The van der Waals surface area contributed by atoms with Crippen molar-refractivity contribution < 1.29 is 14.3 Å². The van der Waals surface area contributed by atoms with E-state index < -0.39 is 0 Å². The number of carbonyl (C=O) groups excluding carboxylic acids is 2. The molecule has 5 nitrogen and oxygen atoms in total. The molecule has 84 valence electrons. The van der Waals surface area contributed by atoms with E-state index in [2.05, 4.69) is 10.6 Å². The van der Waals surface area contributed by atoms with Gasteiger partial charge in [-0.2, -0.15) is 0 Å². The Labute approximate surface area is 92.8 Å². The van der Waals surface area contributed by atoms with Crippen molar-refractivity contribution in [2.75, 3.05) is 19.0 Å². The number of rotatable bonds is 1. The van der Waals surface area contributed by atoms with E-state index in [-0.39, 0.29) is 11.8 Å². The average Bonchev–Trinajstić information content (AvgIpc) is 2.29. The molecule has 2 amide bonds. The standard InChI is InChI=1S/C11H12N2O3/c1-12-11(15)13-7-2-3-8-9(14)4-5-16-10(8)6-7/h2-3,6H,4-5H2,1H3,(H2,12,13,15). The highest BCUT2D eigenvalue weighted by atomic mass is 16.5. The highest BCUT2D eigenvalue weighted by Gasteiger charge is 2.18. The van der Waals surface area contributed by atoms with E-state index in [0.717, 1.165) is 0 Å². The van der Waals surface area contributed by atoms with Gasteiger partial charge in [-0.25, -0.2) is 4.79 Å². The first kappa shape index (κ1) is 10.5. The van der Waals surface area contributed by atoms with Crippen LogP contribution >= 0.6 is 0 Å². The summed E-state index contributed by atoms with van der Waals surface area (Å²) >= 11 is 0. The number of fused-ring (bicyclic) bond motifs is 1. The fourth-order valence-electron chi connectivity index (χ4n) is 1.53. The first-order valence-corrected chi connectivity index (χ1v) is 4.99. The molecule has 0 atom stereocenters. The number of amides is 2. The fourth-order valence-corrected chi connectivity index (χ4v) is 1.53. The zero-order chi connectivity index (χ0) is 11.5. The van der Waals surface area contributed by atoms with Gasteiger partial charge in [0.15, 0.2) is 5.78 Å². The monoisotopic (exact) mass is 220 g/mol. The quantitative estimate of drug-likeness (QED) is 0.751. The summed E-state index contributed by atoms with van der Waals surface area (Å²) in [6, 6.07) is 4.70. The molecule has 1 aromatic carbocycles. The van der Waals surface area contributed by atoms with Crippen molar-refractivity contribution in [1.82, 2.24) is 5.32 Å². The van der Waals surface area contributed by atoms with E-state index in [9.17, 15) is 9.59 Å². The van der Waals surface area contributed by atoms with Crippen LogP contribution in [0.15, 0.2) is 18.2 Å². The van der Waals surface area contributed by atoms with Crippen LogP contribution < -0.4 is 15.4 Å². The van der Waals surface area contributed by atoms with E-state index in [1.807, 2.05) is 0 Å². The molecule has 0 aromatic heterocycles. The molecule has 1 heterocycles. The summed E-state index contributed by atoms with van der Waals surface area (Å²) < 4.78 is 5.36. The number of anilines is 1. The number of benzene rings is 1. The molecule has 1 aromatic rings. The lowest BCUT2D eigenvalue weighted by Gasteiger charge is -2.17. The molecule has 0 saturated carbocycles. The highest BCUT2D eigenvalue weighted by Crippen LogP contribution is 2.27. The second kappa shape index (κ2) is 4.22. The second-order valence-corrected chi connectivity index (χ2v) is 3.44. The largest absolute Gasteiger partial charge is 0.492 e. The summed E-state index contributed by atoms with van der Waals surface area (Å²) in [6.45, 7) is 0.398. The SMILES string of the molecule is CNC(=O)Nc1ccc2c(c1)OCCC2=O. The number of Topliss-reactive ketones (excluding diaryl/α,β-unsaturated/α-hetero) is 1. The number of ether oxygens (including phenoxy) is 1. The van der Waals surface area contributed by atoms with Crippen molar-refractivity contribution in [3.8, 4) is 5.75 Å². The minimum atomic E-state index is -0.304. The summed E-state index contributed by atoms with van der Waals surface area (Å²) in [4.78, 5) is 22.6. The number of nitrogens with one attached hydrogen (secondary N) is 2. The third-order valence-corrected chi connectivity index (χ3v) is 2.35. The normalized spacial score (nSPS) is 13.7. The Balaban J connectivity index is 2.25. The van der Waals surface area contributed by atoms with Gasteiger partial charge in [0.05, 0.1) is 12.2 Å². The van der Waals surface area contributed by atoms with Gasteiger partial charge in [0.25, 0.3) is 0 Å². The lowest BCUT2D eigenvalue weighted by molar-refractivity contribution is 0.0933. The van der Waals surface area contributed by atoms with Crippen LogP contribution in [0, 0.1) is 0 Å². The first-order valence-electron chi connectivity index (χ1n) is 4.99. The Kier molecular flexibility index (Phi) is 2.76. The summed E-state index contributed by atoms with van der Waals surface area (Å²) in [7, 11) is 1.54. The maximum atomic E-state index is 11.5. The van der Waals surface area contributed by atoms with Crippen LogP contribution in [0.1, 0.15) is 16.8 Å². The van der Waals surface area contributed by atoms with Crippen molar-refractivity contribution >= 4 is 17.5 Å². The summed E-state index contributed by atoms with van der Waals surface area (Å²) in [5.41, 5.74) is 1.18. The van der Waals surface area contributed by atoms with Gasteiger partial charge in [0.1, 0.15) is 5.75 Å². The Bertz CT molecular complexity index is 443.